The van der Waals surface area contributed by atoms with Crippen molar-refractivity contribution in [1.29, 1.82) is 0 Å². The van der Waals surface area contributed by atoms with Gasteiger partial charge in [-0.05, 0) is 36.1 Å². The fraction of sp³-hybridized carbons (Fsp3) is 0.250. The number of aromatic nitrogens is 1. The Kier molecular flexibility index (Phi) is 3.14. The van der Waals surface area contributed by atoms with Crippen LogP contribution < -0.4 is 10.6 Å². The zero-order valence-corrected chi connectivity index (χ0v) is 11.4. The van der Waals surface area contributed by atoms with Crippen molar-refractivity contribution in [2.45, 2.75) is 13.3 Å². The molecule has 0 radical (unpaired) electrons. The third kappa shape index (κ3) is 2.25. The fourth-order valence-electron chi connectivity index (χ4n) is 2.69. The van der Waals surface area contributed by atoms with Crippen LogP contribution in [-0.2, 0) is 6.42 Å². The molecular formula is C16H17N3O. The Morgan fingerprint density at radius 2 is 2.15 bits per heavy atom. The SMILES string of the molecule is CC1Cc2ccccc2N(C(=O)c2cc(N)ccn2)C1. The molecule has 0 bridgehead atoms. The summed E-state index contributed by atoms with van der Waals surface area (Å²) < 4.78 is 0. The number of fused-ring (bicyclic) bond motifs is 1. The normalized spacial score (nSPS) is 17.6. The van der Waals surface area contributed by atoms with Crippen LogP contribution >= 0.6 is 0 Å². The molecule has 0 spiro atoms. The first-order valence-corrected chi connectivity index (χ1v) is 6.76. The Bertz CT molecular complexity index is 654. The lowest BCUT2D eigenvalue weighted by Gasteiger charge is -2.33. The van der Waals surface area contributed by atoms with Crippen LogP contribution in [0.15, 0.2) is 42.6 Å². The van der Waals surface area contributed by atoms with E-state index in [-0.39, 0.29) is 5.91 Å². The number of benzene rings is 1. The van der Waals surface area contributed by atoms with E-state index in [0.29, 0.717) is 23.8 Å². The number of pyridine rings is 1. The maximum absolute atomic E-state index is 12.7. The highest BCUT2D eigenvalue weighted by molar-refractivity contribution is 6.05. The van der Waals surface area contributed by atoms with E-state index in [1.54, 1.807) is 18.3 Å². The summed E-state index contributed by atoms with van der Waals surface area (Å²) in [5.74, 6) is 0.353. The fourth-order valence-corrected chi connectivity index (χ4v) is 2.69. The molecule has 3 rings (SSSR count). The van der Waals surface area contributed by atoms with Crippen LogP contribution in [0.25, 0.3) is 0 Å². The lowest BCUT2D eigenvalue weighted by Crippen LogP contribution is -2.39. The van der Waals surface area contributed by atoms with Crippen molar-refractivity contribution in [2.75, 3.05) is 17.2 Å². The number of nitrogens with zero attached hydrogens (tertiary/aromatic N) is 2. The maximum atomic E-state index is 12.7. The summed E-state index contributed by atoms with van der Waals surface area (Å²) in [6.07, 6.45) is 2.58. The van der Waals surface area contributed by atoms with Crippen LogP contribution in [0.5, 0.6) is 0 Å². The lowest BCUT2D eigenvalue weighted by molar-refractivity contribution is 0.0976. The van der Waals surface area contributed by atoms with Crippen LogP contribution in [0, 0.1) is 5.92 Å². The van der Waals surface area contributed by atoms with Crippen molar-refractivity contribution in [3.05, 3.63) is 53.9 Å². The molecule has 1 unspecified atom stereocenters. The Morgan fingerprint density at radius 1 is 1.35 bits per heavy atom. The number of amides is 1. The second kappa shape index (κ2) is 4.96. The molecule has 0 saturated heterocycles. The summed E-state index contributed by atoms with van der Waals surface area (Å²) in [5, 5.41) is 0. The third-order valence-electron chi connectivity index (χ3n) is 3.59. The van der Waals surface area contributed by atoms with Gasteiger partial charge in [0.15, 0.2) is 0 Å². The molecule has 20 heavy (non-hydrogen) atoms. The Balaban J connectivity index is 2.00. The lowest BCUT2D eigenvalue weighted by atomic mass is 9.93. The van der Waals surface area contributed by atoms with Crippen LogP contribution in [0.3, 0.4) is 0 Å². The van der Waals surface area contributed by atoms with Crippen molar-refractivity contribution in [3.8, 4) is 0 Å². The molecule has 1 amide bonds. The van der Waals surface area contributed by atoms with Crippen LogP contribution in [0.1, 0.15) is 23.0 Å². The second-order valence-electron chi connectivity index (χ2n) is 5.33. The Hall–Kier alpha value is -2.36. The minimum Gasteiger partial charge on any atom is -0.399 e. The highest BCUT2D eigenvalue weighted by atomic mass is 16.2. The van der Waals surface area contributed by atoms with Gasteiger partial charge in [0.1, 0.15) is 5.69 Å². The van der Waals surface area contributed by atoms with Crippen molar-refractivity contribution < 1.29 is 4.79 Å². The van der Waals surface area contributed by atoms with Gasteiger partial charge in [0.05, 0.1) is 0 Å². The zero-order valence-electron chi connectivity index (χ0n) is 11.4. The number of rotatable bonds is 1. The van der Waals surface area contributed by atoms with E-state index >= 15 is 0 Å². The summed E-state index contributed by atoms with van der Waals surface area (Å²) >= 11 is 0. The average molecular weight is 267 g/mol. The van der Waals surface area contributed by atoms with Crippen molar-refractivity contribution in [2.24, 2.45) is 5.92 Å². The van der Waals surface area contributed by atoms with E-state index < -0.39 is 0 Å². The quantitative estimate of drug-likeness (QED) is 0.863. The highest BCUT2D eigenvalue weighted by Gasteiger charge is 2.27. The number of para-hydroxylation sites is 1. The Morgan fingerprint density at radius 3 is 2.95 bits per heavy atom. The van der Waals surface area contributed by atoms with Gasteiger partial charge in [-0.15, -0.1) is 0 Å². The number of hydrogen-bond acceptors (Lipinski definition) is 3. The first-order valence-electron chi connectivity index (χ1n) is 6.76. The second-order valence-corrected chi connectivity index (χ2v) is 5.33. The molecule has 1 aliphatic rings. The summed E-state index contributed by atoms with van der Waals surface area (Å²) in [4.78, 5) is 18.6. The molecule has 1 atom stereocenters. The van der Waals surface area contributed by atoms with Crippen molar-refractivity contribution >= 4 is 17.3 Å². The van der Waals surface area contributed by atoms with Gasteiger partial charge in [-0.2, -0.15) is 0 Å². The molecule has 102 valence electrons. The smallest absolute Gasteiger partial charge is 0.276 e. The van der Waals surface area contributed by atoms with E-state index in [0.717, 1.165) is 12.1 Å². The monoisotopic (exact) mass is 267 g/mol. The van der Waals surface area contributed by atoms with Crippen molar-refractivity contribution in [3.63, 3.8) is 0 Å². The molecule has 1 aromatic carbocycles. The first kappa shape index (κ1) is 12.7. The van der Waals surface area contributed by atoms with E-state index in [4.69, 9.17) is 5.73 Å². The zero-order chi connectivity index (χ0) is 14.1. The molecule has 2 aromatic rings. The number of nitrogens with two attached hydrogens (primary N) is 1. The number of anilines is 2. The van der Waals surface area contributed by atoms with Crippen molar-refractivity contribution in [1.82, 2.24) is 4.98 Å². The predicted molar refractivity (Wildman–Crippen MR) is 79.6 cm³/mol. The molecule has 0 aliphatic carbocycles. The van der Waals surface area contributed by atoms with Crippen LogP contribution in [0.4, 0.5) is 11.4 Å². The average Bonchev–Trinajstić information content (AvgIpc) is 2.45. The van der Waals surface area contributed by atoms with Gasteiger partial charge in [-0.1, -0.05) is 25.1 Å². The van der Waals surface area contributed by atoms with E-state index in [1.165, 1.54) is 5.56 Å². The maximum Gasteiger partial charge on any atom is 0.276 e. The van der Waals surface area contributed by atoms with Gasteiger partial charge in [0.25, 0.3) is 5.91 Å². The molecular weight excluding hydrogens is 250 g/mol. The topological polar surface area (TPSA) is 59.2 Å². The highest BCUT2D eigenvalue weighted by Crippen LogP contribution is 2.30. The van der Waals surface area contributed by atoms with Crippen LogP contribution in [-0.4, -0.2) is 17.4 Å². The van der Waals surface area contributed by atoms with Gasteiger partial charge < -0.3 is 10.6 Å². The summed E-state index contributed by atoms with van der Waals surface area (Å²) in [6.45, 7) is 2.87. The van der Waals surface area contributed by atoms with E-state index in [1.807, 2.05) is 23.1 Å². The molecule has 2 heterocycles. The van der Waals surface area contributed by atoms with Gasteiger partial charge in [-0.3, -0.25) is 9.78 Å². The van der Waals surface area contributed by atoms with Gasteiger partial charge in [0.2, 0.25) is 0 Å². The van der Waals surface area contributed by atoms with Crippen LogP contribution in [0.2, 0.25) is 0 Å². The number of carbonyl (C=O) groups is 1. The third-order valence-corrected chi connectivity index (χ3v) is 3.59. The molecule has 1 aliphatic heterocycles. The summed E-state index contributed by atoms with van der Waals surface area (Å²) in [6, 6.07) is 11.4. The van der Waals surface area contributed by atoms with Gasteiger partial charge in [-0.25, -0.2) is 0 Å². The molecule has 0 saturated carbocycles. The molecule has 1 aromatic heterocycles. The molecule has 4 heteroatoms. The Labute approximate surface area is 118 Å². The largest absolute Gasteiger partial charge is 0.399 e. The van der Waals surface area contributed by atoms with E-state index in [9.17, 15) is 4.79 Å². The number of carbonyl (C=O) groups excluding carboxylic acids is 1. The predicted octanol–water partition coefficient (Wildman–Crippen LogP) is 2.50. The van der Waals surface area contributed by atoms with E-state index in [2.05, 4.69) is 18.0 Å². The minimum atomic E-state index is -0.0868. The van der Waals surface area contributed by atoms with Gasteiger partial charge >= 0.3 is 0 Å². The molecule has 4 nitrogen and oxygen atoms in total. The number of hydrogen-bond donors (Lipinski definition) is 1. The molecule has 2 N–H and O–H groups in total. The number of nitrogen functional groups attached to an aromatic ring is 1. The summed E-state index contributed by atoms with van der Waals surface area (Å²) in [7, 11) is 0. The first-order chi connectivity index (χ1) is 9.65. The standard InChI is InChI=1S/C16H17N3O/c1-11-8-12-4-2-3-5-15(12)19(10-11)16(20)14-9-13(17)6-7-18-14/h2-7,9,11H,8,10H2,1H3,(H2,17,18). The molecule has 0 fully saturated rings. The summed E-state index contributed by atoms with van der Waals surface area (Å²) in [5.41, 5.74) is 8.89. The van der Waals surface area contributed by atoms with Gasteiger partial charge in [0, 0.05) is 24.1 Å². The minimum absolute atomic E-state index is 0.0868.